The molecule has 130 valence electrons. The summed E-state index contributed by atoms with van der Waals surface area (Å²) in [5, 5.41) is 8.09. The van der Waals surface area contributed by atoms with Gasteiger partial charge in [-0.25, -0.2) is 4.98 Å². The molecule has 0 spiro atoms. The minimum Gasteiger partial charge on any atom is -0.353 e. The van der Waals surface area contributed by atoms with E-state index in [1.165, 1.54) is 30.3 Å². The number of rotatable bonds is 6. The Bertz CT molecular complexity index is 749. The van der Waals surface area contributed by atoms with Gasteiger partial charge in [0.15, 0.2) is 5.13 Å². The molecule has 0 bridgehead atoms. The molecule has 5 nitrogen and oxygen atoms in total. The van der Waals surface area contributed by atoms with E-state index in [0.29, 0.717) is 16.9 Å². The molecular formula is C19H21N3O2S. The lowest BCUT2D eigenvalue weighted by atomic mass is 10.2. The van der Waals surface area contributed by atoms with Gasteiger partial charge in [0.1, 0.15) is 0 Å². The average molecular weight is 355 g/mol. The Morgan fingerprint density at radius 2 is 1.96 bits per heavy atom. The van der Waals surface area contributed by atoms with Crippen LogP contribution in [0.25, 0.3) is 6.08 Å². The summed E-state index contributed by atoms with van der Waals surface area (Å²) >= 11 is 1.33. The Labute approximate surface area is 151 Å². The number of aromatic nitrogens is 1. The highest BCUT2D eigenvalue weighted by molar-refractivity contribution is 7.14. The number of carbonyl (C=O) groups excluding carboxylic acids is 2. The molecule has 6 heteroatoms. The monoisotopic (exact) mass is 355 g/mol. The SMILES string of the molecule is O=C(/C=C/c1ccccc1)Nc1nc(CC(=O)NC2CCCC2)cs1. The number of carbonyl (C=O) groups is 2. The number of nitrogens with one attached hydrogen (secondary N) is 2. The number of benzene rings is 1. The van der Waals surface area contributed by atoms with E-state index in [1.54, 1.807) is 6.08 Å². The lowest BCUT2D eigenvalue weighted by Crippen LogP contribution is -2.33. The Kier molecular flexibility index (Phi) is 5.95. The van der Waals surface area contributed by atoms with Crippen molar-refractivity contribution in [3.8, 4) is 0 Å². The first kappa shape index (κ1) is 17.4. The first-order chi connectivity index (χ1) is 12.2. The van der Waals surface area contributed by atoms with E-state index in [2.05, 4.69) is 15.6 Å². The molecule has 0 unspecified atom stereocenters. The predicted molar refractivity (Wildman–Crippen MR) is 100 cm³/mol. The van der Waals surface area contributed by atoms with Crippen molar-refractivity contribution in [2.75, 3.05) is 5.32 Å². The van der Waals surface area contributed by atoms with Crippen LogP contribution in [-0.4, -0.2) is 22.8 Å². The van der Waals surface area contributed by atoms with Gasteiger partial charge in [0.05, 0.1) is 12.1 Å². The van der Waals surface area contributed by atoms with Gasteiger partial charge in [0, 0.05) is 17.5 Å². The van der Waals surface area contributed by atoms with Gasteiger partial charge in [-0.2, -0.15) is 0 Å². The molecular weight excluding hydrogens is 334 g/mol. The summed E-state index contributed by atoms with van der Waals surface area (Å²) in [4.78, 5) is 28.3. The number of anilines is 1. The molecule has 2 amide bonds. The molecule has 1 aliphatic rings. The van der Waals surface area contributed by atoms with Gasteiger partial charge in [-0.05, 0) is 24.5 Å². The number of hydrogen-bond acceptors (Lipinski definition) is 4. The smallest absolute Gasteiger partial charge is 0.250 e. The zero-order valence-electron chi connectivity index (χ0n) is 13.9. The second-order valence-electron chi connectivity index (χ2n) is 6.10. The van der Waals surface area contributed by atoms with Crippen LogP contribution >= 0.6 is 11.3 Å². The van der Waals surface area contributed by atoms with E-state index in [1.807, 2.05) is 35.7 Å². The number of amides is 2. The summed E-state index contributed by atoms with van der Waals surface area (Å²) in [5.41, 5.74) is 1.64. The highest BCUT2D eigenvalue weighted by Gasteiger charge is 2.17. The third-order valence-electron chi connectivity index (χ3n) is 4.07. The minimum atomic E-state index is -0.236. The molecule has 0 radical (unpaired) electrons. The molecule has 0 saturated heterocycles. The van der Waals surface area contributed by atoms with E-state index in [0.717, 1.165) is 18.4 Å². The van der Waals surface area contributed by atoms with Crippen LogP contribution in [0, 0.1) is 0 Å². The molecule has 1 heterocycles. The summed E-state index contributed by atoms with van der Waals surface area (Å²) in [7, 11) is 0. The van der Waals surface area contributed by atoms with Crippen molar-refractivity contribution in [1.82, 2.24) is 10.3 Å². The fourth-order valence-electron chi connectivity index (χ4n) is 2.84. The van der Waals surface area contributed by atoms with Crippen molar-refractivity contribution in [2.45, 2.75) is 38.1 Å². The molecule has 0 aliphatic heterocycles. The van der Waals surface area contributed by atoms with Crippen LogP contribution < -0.4 is 10.6 Å². The molecule has 2 N–H and O–H groups in total. The number of thiazole rings is 1. The molecule has 1 aliphatic carbocycles. The molecule has 1 aromatic heterocycles. The van der Waals surface area contributed by atoms with Crippen molar-refractivity contribution < 1.29 is 9.59 Å². The normalized spacial score (nSPS) is 14.7. The number of nitrogens with zero attached hydrogens (tertiary/aromatic N) is 1. The maximum absolute atomic E-state index is 12.0. The Morgan fingerprint density at radius 3 is 2.72 bits per heavy atom. The minimum absolute atomic E-state index is 0.000880. The van der Waals surface area contributed by atoms with Crippen molar-refractivity contribution in [3.05, 3.63) is 53.0 Å². The van der Waals surface area contributed by atoms with Crippen molar-refractivity contribution in [1.29, 1.82) is 0 Å². The van der Waals surface area contributed by atoms with Crippen LogP contribution in [0.4, 0.5) is 5.13 Å². The second kappa shape index (κ2) is 8.58. The average Bonchev–Trinajstić information content (AvgIpc) is 3.26. The molecule has 1 aromatic carbocycles. The summed E-state index contributed by atoms with van der Waals surface area (Å²) in [6.07, 6.45) is 7.99. The summed E-state index contributed by atoms with van der Waals surface area (Å²) in [6.45, 7) is 0. The van der Waals surface area contributed by atoms with E-state index in [4.69, 9.17) is 0 Å². The third kappa shape index (κ3) is 5.53. The lowest BCUT2D eigenvalue weighted by molar-refractivity contribution is -0.121. The molecule has 3 rings (SSSR count). The van der Waals surface area contributed by atoms with Crippen molar-refractivity contribution >= 4 is 34.4 Å². The zero-order chi connectivity index (χ0) is 17.5. The Morgan fingerprint density at radius 1 is 1.20 bits per heavy atom. The van der Waals surface area contributed by atoms with Crippen LogP contribution in [0.3, 0.4) is 0 Å². The predicted octanol–water partition coefficient (Wildman–Crippen LogP) is 3.40. The van der Waals surface area contributed by atoms with Crippen LogP contribution in [-0.2, 0) is 16.0 Å². The Balaban J connectivity index is 1.48. The molecule has 0 atom stereocenters. The van der Waals surface area contributed by atoms with Crippen molar-refractivity contribution in [2.24, 2.45) is 0 Å². The van der Waals surface area contributed by atoms with Crippen molar-refractivity contribution in [3.63, 3.8) is 0 Å². The van der Waals surface area contributed by atoms with Crippen LogP contribution in [0.2, 0.25) is 0 Å². The van der Waals surface area contributed by atoms with E-state index >= 15 is 0 Å². The highest BCUT2D eigenvalue weighted by atomic mass is 32.1. The second-order valence-corrected chi connectivity index (χ2v) is 6.96. The van der Waals surface area contributed by atoms with E-state index < -0.39 is 0 Å². The zero-order valence-corrected chi connectivity index (χ0v) is 14.7. The third-order valence-corrected chi connectivity index (χ3v) is 4.88. The standard InChI is InChI=1S/C19H21N3O2S/c23-17(11-10-14-6-2-1-3-7-14)22-19-21-16(13-25-19)12-18(24)20-15-8-4-5-9-15/h1-3,6-7,10-11,13,15H,4-5,8-9,12H2,(H,20,24)(H,21,22,23)/b11-10+. The lowest BCUT2D eigenvalue weighted by Gasteiger charge is -2.10. The van der Waals surface area contributed by atoms with Gasteiger partial charge in [0.2, 0.25) is 11.8 Å². The van der Waals surface area contributed by atoms with Gasteiger partial charge in [-0.3, -0.25) is 14.9 Å². The maximum Gasteiger partial charge on any atom is 0.250 e. The van der Waals surface area contributed by atoms with Crippen LogP contribution in [0.5, 0.6) is 0 Å². The van der Waals surface area contributed by atoms with Crippen LogP contribution in [0.1, 0.15) is 36.9 Å². The number of hydrogen-bond donors (Lipinski definition) is 2. The molecule has 1 fully saturated rings. The van der Waals surface area contributed by atoms with Gasteiger partial charge < -0.3 is 5.32 Å². The fourth-order valence-corrected chi connectivity index (χ4v) is 3.56. The Hall–Kier alpha value is -2.47. The van der Waals surface area contributed by atoms with Gasteiger partial charge in [-0.15, -0.1) is 11.3 Å². The largest absolute Gasteiger partial charge is 0.353 e. The topological polar surface area (TPSA) is 71.1 Å². The maximum atomic E-state index is 12.0. The quantitative estimate of drug-likeness (QED) is 0.780. The first-order valence-electron chi connectivity index (χ1n) is 8.47. The molecule has 2 aromatic rings. The first-order valence-corrected chi connectivity index (χ1v) is 9.35. The molecule has 1 saturated carbocycles. The highest BCUT2D eigenvalue weighted by Crippen LogP contribution is 2.19. The van der Waals surface area contributed by atoms with E-state index in [9.17, 15) is 9.59 Å². The van der Waals surface area contributed by atoms with Gasteiger partial charge in [0.25, 0.3) is 0 Å². The summed E-state index contributed by atoms with van der Waals surface area (Å²) < 4.78 is 0. The summed E-state index contributed by atoms with van der Waals surface area (Å²) in [6, 6.07) is 9.93. The van der Waals surface area contributed by atoms with Gasteiger partial charge in [-0.1, -0.05) is 43.2 Å². The molecule has 25 heavy (non-hydrogen) atoms. The van der Waals surface area contributed by atoms with E-state index in [-0.39, 0.29) is 18.2 Å². The fraction of sp³-hybridized carbons (Fsp3) is 0.316. The summed E-state index contributed by atoms with van der Waals surface area (Å²) in [5.74, 6) is -0.237. The van der Waals surface area contributed by atoms with Crippen LogP contribution in [0.15, 0.2) is 41.8 Å². The van der Waals surface area contributed by atoms with Gasteiger partial charge >= 0.3 is 0 Å².